The SMILES string of the molecule is CC(C)(C)OC(=O)N1CCn2c(c(C3CCCCC3)c3ccc(C(=O)NC4(C(=O)Nc5ccc(C=CC(=O)O)cc5)CCCC4)cc32)-c2ccc3nc(-c4cccc(OC(F)(F)F)c4)ccc3c21. The van der Waals surface area contributed by atoms with E-state index in [2.05, 4.69) is 19.9 Å². The van der Waals surface area contributed by atoms with E-state index in [-0.39, 0.29) is 30.0 Å². The van der Waals surface area contributed by atoms with Gasteiger partial charge in [-0.1, -0.05) is 62.4 Å². The van der Waals surface area contributed by atoms with Crippen LogP contribution in [0.3, 0.4) is 0 Å². The van der Waals surface area contributed by atoms with E-state index in [0.717, 1.165) is 78.7 Å². The Labute approximate surface area is 391 Å². The number of alkyl halides is 3. The maximum atomic E-state index is 14.5. The van der Waals surface area contributed by atoms with Crippen LogP contribution < -0.4 is 20.3 Å². The minimum absolute atomic E-state index is 0.193. The molecule has 3 aliphatic rings. The van der Waals surface area contributed by atoms with E-state index >= 15 is 0 Å². The Bertz CT molecular complexity index is 2980. The molecular weight excluding hydrogens is 876 g/mol. The number of hydrogen-bond acceptors (Lipinski definition) is 7. The lowest BCUT2D eigenvalue weighted by Gasteiger charge is -2.29. The first-order valence-electron chi connectivity index (χ1n) is 23.1. The molecule has 0 bridgehead atoms. The number of aliphatic carboxylic acids is 1. The average Bonchev–Trinajstić information content (AvgIpc) is 3.86. The van der Waals surface area contributed by atoms with Gasteiger partial charge in [0, 0.05) is 57.8 Å². The number of carbonyl (C=O) groups is 4. The number of anilines is 2. The standard InChI is InChI=1S/C53H52F3N5O7/c1-51(2,3)68-50(66)61-29-28-60-43-31-35(48(64)59-52(26-7-8-27-52)49(65)57-36-18-14-32(15-19-36)16-25-44(62)63)17-20-39(43)45(33-10-5-4-6-11-33)47(60)40-22-24-42-38(46(40)61)21-23-41(58-42)34-12-9-13-37(30-34)67-53(54,55)56/h9,12-25,30-31,33H,4-8,10-11,26-29H2,1-3H3,(H,57,65)(H,59,64)(H,62,63). The van der Waals surface area contributed by atoms with E-state index in [1.807, 2.05) is 57.2 Å². The third-order valence-corrected chi connectivity index (χ3v) is 13.1. The Morgan fingerprint density at radius 1 is 0.838 bits per heavy atom. The van der Waals surface area contributed by atoms with Crippen molar-refractivity contribution in [2.24, 2.45) is 0 Å². The molecule has 2 aromatic heterocycles. The quantitative estimate of drug-likeness (QED) is 0.121. The van der Waals surface area contributed by atoms with Crippen LogP contribution in [0.1, 0.15) is 106 Å². The fraction of sp³-hybridized carbons (Fsp3) is 0.340. The molecule has 0 unspecified atom stereocenters. The number of fused-ring (bicyclic) bond motifs is 7. The Kier molecular flexibility index (Phi) is 12.3. The average molecular weight is 928 g/mol. The molecule has 2 fully saturated rings. The number of carbonyl (C=O) groups excluding carboxylic acids is 3. The third-order valence-electron chi connectivity index (χ3n) is 13.1. The number of amides is 3. The molecule has 0 radical (unpaired) electrons. The van der Waals surface area contributed by atoms with E-state index in [1.54, 1.807) is 41.3 Å². The van der Waals surface area contributed by atoms with Crippen molar-refractivity contribution in [2.75, 3.05) is 16.8 Å². The normalized spacial score (nSPS) is 16.3. The van der Waals surface area contributed by atoms with Crippen LogP contribution in [-0.2, 0) is 20.9 Å². The fourth-order valence-corrected chi connectivity index (χ4v) is 10.1. The molecule has 0 atom stereocenters. The van der Waals surface area contributed by atoms with Crippen LogP contribution in [0.2, 0.25) is 0 Å². The van der Waals surface area contributed by atoms with E-state index < -0.39 is 29.6 Å². The molecule has 0 saturated heterocycles. The van der Waals surface area contributed by atoms with Crippen LogP contribution in [0, 0.1) is 0 Å². The zero-order chi connectivity index (χ0) is 48.0. The molecule has 2 aliphatic carbocycles. The lowest BCUT2D eigenvalue weighted by molar-refractivity contribution is -0.274. The van der Waals surface area contributed by atoms with E-state index in [0.29, 0.717) is 64.0 Å². The van der Waals surface area contributed by atoms with Gasteiger partial charge in [-0.25, -0.2) is 14.6 Å². The number of nitrogens with zero attached hydrogens (tertiary/aromatic N) is 3. The minimum atomic E-state index is -4.86. The third kappa shape index (κ3) is 9.51. The van der Waals surface area contributed by atoms with Gasteiger partial charge < -0.3 is 29.8 Å². The summed E-state index contributed by atoms with van der Waals surface area (Å²) in [6.45, 7) is 5.98. The predicted octanol–water partition coefficient (Wildman–Crippen LogP) is 12.0. The topological polar surface area (TPSA) is 152 Å². The number of carboxylic acid groups (broad SMARTS) is 1. The molecule has 2 saturated carbocycles. The molecule has 352 valence electrons. The zero-order valence-electron chi connectivity index (χ0n) is 38.0. The van der Waals surface area contributed by atoms with Crippen molar-refractivity contribution in [1.29, 1.82) is 0 Å². The Balaban J connectivity index is 1.12. The Morgan fingerprint density at radius 2 is 1.57 bits per heavy atom. The number of benzene rings is 4. The Morgan fingerprint density at radius 3 is 2.28 bits per heavy atom. The smallest absolute Gasteiger partial charge is 0.478 e. The van der Waals surface area contributed by atoms with Crippen molar-refractivity contribution in [1.82, 2.24) is 14.9 Å². The number of pyridine rings is 1. The lowest BCUT2D eigenvalue weighted by atomic mass is 9.81. The molecular formula is C53H52F3N5O7. The fourth-order valence-electron chi connectivity index (χ4n) is 10.1. The van der Waals surface area contributed by atoms with E-state index in [9.17, 15) is 32.3 Å². The molecule has 3 heterocycles. The van der Waals surface area contributed by atoms with Crippen molar-refractivity contribution in [2.45, 2.75) is 109 Å². The van der Waals surface area contributed by atoms with E-state index in [1.165, 1.54) is 24.3 Å². The molecule has 0 spiro atoms. The molecule has 12 nitrogen and oxygen atoms in total. The van der Waals surface area contributed by atoms with Gasteiger partial charge in [-0.3, -0.25) is 14.5 Å². The van der Waals surface area contributed by atoms with Crippen LogP contribution in [0.25, 0.3) is 50.4 Å². The highest BCUT2D eigenvalue weighted by atomic mass is 19.4. The van der Waals surface area contributed by atoms with Crippen molar-refractivity contribution in [3.63, 3.8) is 0 Å². The van der Waals surface area contributed by atoms with E-state index in [4.69, 9.17) is 14.8 Å². The van der Waals surface area contributed by atoms with Gasteiger partial charge in [-0.05, 0) is 130 Å². The van der Waals surface area contributed by atoms with Crippen LogP contribution >= 0.6 is 0 Å². The molecule has 68 heavy (non-hydrogen) atoms. The van der Waals surface area contributed by atoms with Crippen LogP contribution in [0.4, 0.5) is 29.3 Å². The number of ether oxygens (including phenoxy) is 2. The van der Waals surface area contributed by atoms with Crippen molar-refractivity contribution >= 4 is 63.1 Å². The summed E-state index contributed by atoms with van der Waals surface area (Å²) in [6, 6.07) is 25.6. The number of hydrogen-bond donors (Lipinski definition) is 3. The minimum Gasteiger partial charge on any atom is -0.478 e. The van der Waals surface area contributed by atoms with Crippen molar-refractivity contribution in [3.8, 4) is 28.3 Å². The van der Waals surface area contributed by atoms with Gasteiger partial charge >= 0.3 is 18.4 Å². The second-order valence-electron chi connectivity index (χ2n) is 18.9. The number of rotatable bonds is 9. The molecule has 6 aromatic rings. The largest absolute Gasteiger partial charge is 0.573 e. The highest BCUT2D eigenvalue weighted by Crippen LogP contribution is 2.49. The van der Waals surface area contributed by atoms with Gasteiger partial charge in [-0.15, -0.1) is 13.2 Å². The summed E-state index contributed by atoms with van der Waals surface area (Å²) in [5.41, 5.74) is 5.23. The van der Waals surface area contributed by atoms with Gasteiger partial charge in [0.2, 0.25) is 5.91 Å². The highest BCUT2D eigenvalue weighted by Gasteiger charge is 2.43. The summed E-state index contributed by atoms with van der Waals surface area (Å²) in [6.07, 6.45) is 4.71. The number of carboxylic acids is 1. The van der Waals surface area contributed by atoms with Crippen molar-refractivity contribution in [3.05, 3.63) is 114 Å². The lowest BCUT2D eigenvalue weighted by Crippen LogP contribution is -2.55. The number of aromatic nitrogens is 2. The number of halogens is 3. The summed E-state index contributed by atoms with van der Waals surface area (Å²) in [7, 11) is 0. The molecule has 3 amide bonds. The highest BCUT2D eigenvalue weighted by molar-refractivity contribution is 6.11. The van der Waals surface area contributed by atoms with Crippen molar-refractivity contribution < 1.29 is 46.9 Å². The first-order chi connectivity index (χ1) is 32.4. The zero-order valence-corrected chi connectivity index (χ0v) is 38.0. The number of nitrogens with one attached hydrogen (secondary N) is 2. The van der Waals surface area contributed by atoms with Crippen LogP contribution in [0.5, 0.6) is 5.75 Å². The van der Waals surface area contributed by atoms with Gasteiger partial charge in [0.25, 0.3) is 5.91 Å². The second kappa shape index (κ2) is 18.1. The maximum absolute atomic E-state index is 14.5. The molecule has 4 aromatic carbocycles. The molecule has 1 aliphatic heterocycles. The second-order valence-corrected chi connectivity index (χ2v) is 18.9. The van der Waals surface area contributed by atoms with Gasteiger partial charge in [-0.2, -0.15) is 0 Å². The summed E-state index contributed by atoms with van der Waals surface area (Å²) in [4.78, 5) is 60.4. The molecule has 9 rings (SSSR count). The summed E-state index contributed by atoms with van der Waals surface area (Å²) in [5, 5.41) is 16.8. The molecule has 3 N–H and O–H groups in total. The summed E-state index contributed by atoms with van der Waals surface area (Å²) >= 11 is 0. The summed E-state index contributed by atoms with van der Waals surface area (Å²) < 4.78 is 51.9. The predicted molar refractivity (Wildman–Crippen MR) is 255 cm³/mol. The monoisotopic (exact) mass is 927 g/mol. The first-order valence-corrected chi connectivity index (χ1v) is 23.1. The first kappa shape index (κ1) is 46.0. The van der Waals surface area contributed by atoms with Gasteiger partial charge in [0.1, 0.15) is 16.9 Å². The van der Waals surface area contributed by atoms with Gasteiger partial charge in [0.05, 0.1) is 22.6 Å². The van der Waals surface area contributed by atoms with Gasteiger partial charge in [0.15, 0.2) is 0 Å². The van der Waals surface area contributed by atoms with Crippen LogP contribution in [0.15, 0.2) is 97.1 Å². The maximum Gasteiger partial charge on any atom is 0.573 e. The van der Waals surface area contributed by atoms with Crippen LogP contribution in [-0.4, -0.2) is 62.6 Å². The molecule has 15 heteroatoms. The summed E-state index contributed by atoms with van der Waals surface area (Å²) in [5.74, 6) is -1.95. The Hall–Kier alpha value is -7.16.